The van der Waals surface area contributed by atoms with Gasteiger partial charge in [-0.05, 0) is 39.5 Å². The van der Waals surface area contributed by atoms with Crippen LogP contribution < -0.4 is 0 Å². The molecule has 0 bridgehead atoms. The molecular weight excluding hydrogens is 174 g/mol. The Morgan fingerprint density at radius 3 is 2.36 bits per heavy atom. The molecule has 1 aliphatic rings. The maximum Gasteiger partial charge on any atom is 0.223 e. The van der Waals surface area contributed by atoms with Crippen LogP contribution in [-0.2, 0) is 4.79 Å². The Hall–Kier alpha value is -0.530. The molecule has 0 spiro atoms. The third-order valence-electron chi connectivity index (χ3n) is 3.23. The van der Waals surface area contributed by atoms with Crippen molar-refractivity contribution in [3.05, 3.63) is 0 Å². The molecule has 2 heteroatoms. The minimum atomic E-state index is 0.367. The summed E-state index contributed by atoms with van der Waals surface area (Å²) in [7, 11) is 0. The highest BCUT2D eigenvalue weighted by molar-refractivity contribution is 5.76. The van der Waals surface area contributed by atoms with Gasteiger partial charge in [0.05, 0.1) is 0 Å². The van der Waals surface area contributed by atoms with Gasteiger partial charge in [0.25, 0.3) is 0 Å². The first kappa shape index (κ1) is 11.5. The average Bonchev–Trinajstić information content (AvgIpc) is 2.14. The number of rotatable bonds is 3. The highest BCUT2D eigenvalue weighted by atomic mass is 16.2. The second-order valence-electron chi connectivity index (χ2n) is 4.53. The lowest BCUT2D eigenvalue weighted by molar-refractivity contribution is -0.137. The predicted molar refractivity (Wildman–Crippen MR) is 59.1 cm³/mol. The molecule has 1 aliphatic heterocycles. The molecule has 0 aromatic carbocycles. The van der Waals surface area contributed by atoms with Crippen LogP contribution in [0.1, 0.15) is 59.3 Å². The van der Waals surface area contributed by atoms with Crippen molar-refractivity contribution in [2.24, 2.45) is 0 Å². The lowest BCUT2D eigenvalue weighted by Gasteiger charge is -2.39. The third kappa shape index (κ3) is 2.73. The largest absolute Gasteiger partial charge is 0.337 e. The lowest BCUT2D eigenvalue weighted by Crippen LogP contribution is -2.47. The van der Waals surface area contributed by atoms with Gasteiger partial charge in [0.15, 0.2) is 0 Å². The zero-order valence-corrected chi connectivity index (χ0v) is 9.75. The lowest BCUT2D eigenvalue weighted by atomic mass is 9.97. The van der Waals surface area contributed by atoms with E-state index in [1.165, 1.54) is 19.3 Å². The molecule has 0 aliphatic carbocycles. The van der Waals surface area contributed by atoms with Crippen LogP contribution in [-0.4, -0.2) is 22.9 Å². The van der Waals surface area contributed by atoms with Gasteiger partial charge in [-0.25, -0.2) is 0 Å². The molecule has 1 amide bonds. The van der Waals surface area contributed by atoms with E-state index in [9.17, 15) is 4.79 Å². The van der Waals surface area contributed by atoms with Crippen molar-refractivity contribution in [3.8, 4) is 0 Å². The van der Waals surface area contributed by atoms with Crippen molar-refractivity contribution in [2.45, 2.75) is 71.4 Å². The fourth-order valence-electron chi connectivity index (χ4n) is 2.37. The molecule has 1 rings (SSSR count). The number of amides is 1. The first-order valence-corrected chi connectivity index (χ1v) is 5.98. The van der Waals surface area contributed by atoms with Gasteiger partial charge in [-0.2, -0.15) is 0 Å². The second-order valence-corrected chi connectivity index (χ2v) is 4.53. The summed E-state index contributed by atoms with van der Waals surface area (Å²) in [4.78, 5) is 14.0. The van der Waals surface area contributed by atoms with E-state index >= 15 is 0 Å². The van der Waals surface area contributed by atoms with Gasteiger partial charge in [-0.15, -0.1) is 0 Å². The standard InChI is InChI=1S/C12H23NO/c1-4-5-9-12(14)13-10(2)7-6-8-11(13)3/h10-11H,4-9H2,1-3H3/t10-,11-/m1/s1. The number of carbonyl (C=O) groups excluding carboxylic acids is 1. The average molecular weight is 197 g/mol. The first-order chi connectivity index (χ1) is 6.66. The Morgan fingerprint density at radius 2 is 1.86 bits per heavy atom. The molecule has 0 aromatic rings. The third-order valence-corrected chi connectivity index (χ3v) is 3.23. The van der Waals surface area contributed by atoms with Crippen LogP contribution in [0.3, 0.4) is 0 Å². The van der Waals surface area contributed by atoms with Crippen molar-refractivity contribution in [1.29, 1.82) is 0 Å². The smallest absolute Gasteiger partial charge is 0.223 e. The monoisotopic (exact) mass is 197 g/mol. The van der Waals surface area contributed by atoms with Gasteiger partial charge in [-0.1, -0.05) is 13.3 Å². The Bertz CT molecular complexity index is 181. The maximum absolute atomic E-state index is 11.9. The van der Waals surface area contributed by atoms with Crippen molar-refractivity contribution >= 4 is 5.91 Å². The Kier molecular flexibility index (Phi) is 4.43. The van der Waals surface area contributed by atoms with Crippen LogP contribution in [0.25, 0.3) is 0 Å². The summed E-state index contributed by atoms with van der Waals surface area (Å²) in [5.74, 6) is 0.367. The van der Waals surface area contributed by atoms with Crippen LogP contribution >= 0.6 is 0 Å². The minimum Gasteiger partial charge on any atom is -0.337 e. The SMILES string of the molecule is CCCCC(=O)N1[C@H](C)CCC[C@H]1C. The number of hydrogen-bond donors (Lipinski definition) is 0. The fourth-order valence-corrected chi connectivity index (χ4v) is 2.37. The molecule has 0 N–H and O–H groups in total. The summed E-state index contributed by atoms with van der Waals surface area (Å²) in [6.45, 7) is 6.50. The Labute approximate surface area is 87.7 Å². The van der Waals surface area contributed by atoms with Crippen LogP contribution in [0.4, 0.5) is 0 Å². The minimum absolute atomic E-state index is 0.367. The summed E-state index contributed by atoms with van der Waals surface area (Å²) in [5, 5.41) is 0. The van der Waals surface area contributed by atoms with Gasteiger partial charge < -0.3 is 4.90 Å². The van der Waals surface area contributed by atoms with Gasteiger partial charge in [0.2, 0.25) is 5.91 Å². The predicted octanol–water partition coefficient (Wildman–Crippen LogP) is 2.97. The molecule has 82 valence electrons. The molecule has 0 radical (unpaired) electrons. The number of hydrogen-bond acceptors (Lipinski definition) is 1. The molecule has 0 unspecified atom stereocenters. The Balaban J connectivity index is 2.49. The van der Waals surface area contributed by atoms with Crippen molar-refractivity contribution in [3.63, 3.8) is 0 Å². The summed E-state index contributed by atoms with van der Waals surface area (Å²) in [6.07, 6.45) is 6.53. The molecule has 1 saturated heterocycles. The van der Waals surface area contributed by atoms with Crippen LogP contribution in [0, 0.1) is 0 Å². The Morgan fingerprint density at radius 1 is 1.29 bits per heavy atom. The number of carbonyl (C=O) groups is 1. The van der Waals surface area contributed by atoms with Crippen molar-refractivity contribution in [1.82, 2.24) is 4.90 Å². The van der Waals surface area contributed by atoms with Gasteiger partial charge in [0.1, 0.15) is 0 Å². The van der Waals surface area contributed by atoms with Gasteiger partial charge in [0, 0.05) is 18.5 Å². The van der Waals surface area contributed by atoms with Gasteiger partial charge in [-0.3, -0.25) is 4.79 Å². The highest BCUT2D eigenvalue weighted by Crippen LogP contribution is 2.23. The van der Waals surface area contributed by atoms with E-state index < -0.39 is 0 Å². The molecular formula is C12H23NO. The quantitative estimate of drug-likeness (QED) is 0.681. The first-order valence-electron chi connectivity index (χ1n) is 5.98. The summed E-state index contributed by atoms with van der Waals surface area (Å²) in [5.41, 5.74) is 0. The molecule has 2 atom stereocenters. The number of unbranched alkanes of at least 4 members (excludes halogenated alkanes) is 1. The van der Waals surface area contributed by atoms with E-state index in [1.54, 1.807) is 0 Å². The van der Waals surface area contributed by atoms with E-state index in [1.807, 2.05) is 0 Å². The molecule has 0 aromatic heterocycles. The topological polar surface area (TPSA) is 20.3 Å². The van der Waals surface area contributed by atoms with E-state index in [-0.39, 0.29) is 0 Å². The van der Waals surface area contributed by atoms with E-state index in [2.05, 4.69) is 25.7 Å². The molecule has 2 nitrogen and oxygen atoms in total. The molecule has 1 heterocycles. The zero-order valence-electron chi connectivity index (χ0n) is 9.75. The molecule has 1 fully saturated rings. The van der Waals surface area contributed by atoms with E-state index in [0.717, 1.165) is 19.3 Å². The number of piperidine rings is 1. The van der Waals surface area contributed by atoms with Crippen LogP contribution in [0.15, 0.2) is 0 Å². The van der Waals surface area contributed by atoms with Gasteiger partial charge >= 0.3 is 0 Å². The number of nitrogens with zero attached hydrogens (tertiary/aromatic N) is 1. The summed E-state index contributed by atoms with van der Waals surface area (Å²) < 4.78 is 0. The van der Waals surface area contributed by atoms with E-state index in [4.69, 9.17) is 0 Å². The van der Waals surface area contributed by atoms with Crippen molar-refractivity contribution in [2.75, 3.05) is 0 Å². The van der Waals surface area contributed by atoms with Crippen LogP contribution in [0.2, 0.25) is 0 Å². The van der Waals surface area contributed by atoms with E-state index in [0.29, 0.717) is 18.0 Å². The maximum atomic E-state index is 11.9. The summed E-state index contributed by atoms with van der Waals surface area (Å²) >= 11 is 0. The highest BCUT2D eigenvalue weighted by Gasteiger charge is 2.27. The van der Waals surface area contributed by atoms with Crippen molar-refractivity contribution < 1.29 is 4.79 Å². The molecule has 14 heavy (non-hydrogen) atoms. The second kappa shape index (κ2) is 5.38. The summed E-state index contributed by atoms with van der Waals surface area (Å²) in [6, 6.07) is 0.922. The molecule has 0 saturated carbocycles. The zero-order chi connectivity index (χ0) is 10.6. The number of likely N-dealkylation sites (tertiary alicyclic amines) is 1. The fraction of sp³-hybridized carbons (Fsp3) is 0.917. The normalized spacial score (nSPS) is 27.8. The van der Waals surface area contributed by atoms with Crippen LogP contribution in [0.5, 0.6) is 0 Å².